The summed E-state index contributed by atoms with van der Waals surface area (Å²) in [5.41, 5.74) is 17.0. The number of carbonyl (C=O) groups is 3. The number of hydrogen-bond acceptors (Lipinski definition) is 6. The van der Waals surface area contributed by atoms with E-state index in [-0.39, 0.29) is 12.5 Å². The first-order valence-electron chi connectivity index (χ1n) is 13.8. The van der Waals surface area contributed by atoms with Gasteiger partial charge >= 0.3 is 0 Å². The first kappa shape index (κ1) is 29.6. The maximum Gasteiger partial charge on any atom is 0.254 e. The number of hydrogen-bond donors (Lipinski definition) is 4. The van der Waals surface area contributed by atoms with Crippen molar-refractivity contribution in [1.29, 1.82) is 0 Å². The average molecular weight is 598 g/mol. The number of methoxy groups -OCH3 is 1. The van der Waals surface area contributed by atoms with Gasteiger partial charge in [0.2, 0.25) is 5.91 Å². The van der Waals surface area contributed by atoms with Gasteiger partial charge in [-0.15, -0.1) is 0 Å². The van der Waals surface area contributed by atoms with E-state index >= 15 is 0 Å². The molecular weight excluding hydrogens is 566 g/mol. The van der Waals surface area contributed by atoms with Gasteiger partial charge in [-0.05, 0) is 78.6 Å². The van der Waals surface area contributed by atoms with E-state index in [0.29, 0.717) is 57.6 Å². The molecule has 0 aromatic heterocycles. The zero-order chi connectivity index (χ0) is 30.5. The molecular formula is C33H32ClN5O4. The van der Waals surface area contributed by atoms with Gasteiger partial charge in [0.25, 0.3) is 11.8 Å². The maximum absolute atomic E-state index is 13.8. The lowest BCUT2D eigenvalue weighted by Crippen LogP contribution is -2.28. The van der Waals surface area contributed by atoms with E-state index in [4.69, 9.17) is 27.8 Å². The molecule has 9 nitrogen and oxygen atoms in total. The highest BCUT2D eigenvalue weighted by molar-refractivity contribution is 6.33. The first-order chi connectivity index (χ1) is 20.7. The predicted molar refractivity (Wildman–Crippen MR) is 169 cm³/mol. The standard InChI is InChI=1S/C33H32ClN5O4/c1-43-19-22-16-25(20-8-10-21(11-9-20)31(35)40)26(33(42)39-14-4-5-15-39)18-29(22)37-23-12-13-27(34)30(17-23)38-28-7-3-2-6-24(28)32(36)41/h2-3,6-13,16-18,37-38H,4-5,14-15,19H2,1H3,(H2,35,40)(H2,36,41). The summed E-state index contributed by atoms with van der Waals surface area (Å²) in [4.78, 5) is 39.3. The first-order valence-corrected chi connectivity index (χ1v) is 14.2. The molecule has 0 bridgehead atoms. The molecule has 4 aromatic rings. The Morgan fingerprint density at radius 2 is 1.53 bits per heavy atom. The van der Waals surface area contributed by atoms with Crippen LogP contribution in [-0.4, -0.2) is 42.8 Å². The normalized spacial score (nSPS) is 12.7. The molecule has 0 aliphatic carbocycles. The van der Waals surface area contributed by atoms with Crippen LogP contribution in [0.2, 0.25) is 5.02 Å². The smallest absolute Gasteiger partial charge is 0.254 e. The summed E-state index contributed by atoms with van der Waals surface area (Å²) >= 11 is 6.52. The molecule has 4 aromatic carbocycles. The van der Waals surface area contributed by atoms with Crippen LogP contribution in [0.25, 0.3) is 11.1 Å². The van der Waals surface area contributed by atoms with Crippen LogP contribution >= 0.6 is 11.6 Å². The number of benzene rings is 4. The fraction of sp³-hybridized carbons (Fsp3) is 0.182. The summed E-state index contributed by atoms with van der Waals surface area (Å²) in [6.45, 7) is 1.67. The third-order valence-electron chi connectivity index (χ3n) is 7.35. The minimum Gasteiger partial charge on any atom is -0.380 e. The quantitative estimate of drug-likeness (QED) is 0.175. The summed E-state index contributed by atoms with van der Waals surface area (Å²) in [5, 5.41) is 7.09. The lowest BCUT2D eigenvalue weighted by atomic mass is 9.94. The van der Waals surface area contributed by atoms with Gasteiger partial charge in [-0.2, -0.15) is 0 Å². The molecule has 0 radical (unpaired) electrons. The number of ether oxygens (including phenoxy) is 1. The number of carbonyl (C=O) groups excluding carboxylic acids is 3. The van der Waals surface area contributed by atoms with Crippen molar-refractivity contribution in [2.24, 2.45) is 11.5 Å². The zero-order valence-corrected chi connectivity index (χ0v) is 24.4. The highest BCUT2D eigenvalue weighted by Gasteiger charge is 2.24. The number of primary amides is 2. The molecule has 3 amide bonds. The molecule has 1 fully saturated rings. The molecule has 0 atom stereocenters. The van der Waals surface area contributed by atoms with Gasteiger partial charge in [0, 0.05) is 48.3 Å². The Hall–Kier alpha value is -4.86. The van der Waals surface area contributed by atoms with E-state index in [0.717, 1.165) is 29.5 Å². The van der Waals surface area contributed by atoms with Crippen LogP contribution in [0.1, 0.15) is 49.5 Å². The van der Waals surface area contributed by atoms with Crippen molar-refractivity contribution in [3.05, 3.63) is 106 Å². The van der Waals surface area contributed by atoms with Crippen molar-refractivity contribution in [3.63, 3.8) is 0 Å². The molecule has 1 saturated heterocycles. The van der Waals surface area contributed by atoms with Crippen molar-refractivity contribution < 1.29 is 19.1 Å². The second-order valence-corrected chi connectivity index (χ2v) is 10.7. The Bertz CT molecular complexity index is 1680. The van der Waals surface area contributed by atoms with Gasteiger partial charge in [0.05, 0.1) is 28.6 Å². The van der Waals surface area contributed by atoms with E-state index in [1.165, 1.54) is 0 Å². The second-order valence-electron chi connectivity index (χ2n) is 10.3. The molecule has 1 aliphatic heterocycles. The maximum atomic E-state index is 13.8. The number of nitrogens with zero attached hydrogens (tertiary/aromatic N) is 1. The largest absolute Gasteiger partial charge is 0.380 e. The number of anilines is 4. The van der Waals surface area contributed by atoms with Crippen LogP contribution in [0.15, 0.2) is 78.9 Å². The van der Waals surface area contributed by atoms with Crippen LogP contribution < -0.4 is 22.1 Å². The summed E-state index contributed by atoms with van der Waals surface area (Å²) in [5.74, 6) is -1.15. The molecule has 10 heteroatoms. The van der Waals surface area contributed by atoms with Gasteiger partial charge in [-0.3, -0.25) is 14.4 Å². The molecule has 43 heavy (non-hydrogen) atoms. The van der Waals surface area contributed by atoms with E-state index in [1.807, 2.05) is 29.2 Å². The summed E-state index contributed by atoms with van der Waals surface area (Å²) < 4.78 is 5.53. The van der Waals surface area contributed by atoms with Gasteiger partial charge in [-0.25, -0.2) is 0 Å². The number of amides is 3. The Labute approximate surface area is 254 Å². The lowest BCUT2D eigenvalue weighted by molar-refractivity contribution is 0.0793. The second kappa shape index (κ2) is 13.0. The number of rotatable bonds is 10. The highest BCUT2D eigenvalue weighted by Crippen LogP contribution is 2.36. The molecule has 5 rings (SSSR count). The zero-order valence-electron chi connectivity index (χ0n) is 23.7. The fourth-order valence-electron chi connectivity index (χ4n) is 5.16. The molecule has 1 heterocycles. The summed E-state index contributed by atoms with van der Waals surface area (Å²) in [7, 11) is 1.61. The molecule has 0 saturated carbocycles. The minimum atomic E-state index is -0.558. The number of nitrogens with two attached hydrogens (primary N) is 2. The van der Waals surface area contributed by atoms with E-state index in [2.05, 4.69) is 10.6 Å². The predicted octanol–water partition coefficient (Wildman–Crippen LogP) is 6.07. The molecule has 0 unspecified atom stereocenters. The van der Waals surface area contributed by atoms with E-state index in [9.17, 15) is 14.4 Å². The number of likely N-dealkylation sites (tertiary alicyclic amines) is 1. The van der Waals surface area contributed by atoms with E-state index < -0.39 is 11.8 Å². The van der Waals surface area contributed by atoms with Gasteiger partial charge in [-0.1, -0.05) is 35.9 Å². The highest BCUT2D eigenvalue weighted by atomic mass is 35.5. The van der Waals surface area contributed by atoms with Crippen molar-refractivity contribution in [3.8, 4) is 11.1 Å². The fourth-order valence-corrected chi connectivity index (χ4v) is 5.33. The molecule has 1 aliphatic rings. The lowest BCUT2D eigenvalue weighted by Gasteiger charge is -2.22. The Morgan fingerprint density at radius 1 is 0.814 bits per heavy atom. The SMILES string of the molecule is COCc1cc(-c2ccc(C(N)=O)cc2)c(C(=O)N2CCCC2)cc1Nc1ccc(Cl)c(Nc2ccccc2C(N)=O)c1. The van der Waals surface area contributed by atoms with Crippen molar-refractivity contribution in [2.45, 2.75) is 19.4 Å². The number of para-hydroxylation sites is 1. The van der Waals surface area contributed by atoms with Crippen LogP contribution in [0.3, 0.4) is 0 Å². The van der Waals surface area contributed by atoms with E-state index in [1.54, 1.807) is 61.7 Å². The van der Waals surface area contributed by atoms with Crippen molar-refractivity contribution in [2.75, 3.05) is 30.8 Å². The van der Waals surface area contributed by atoms with Gasteiger partial charge in [0.15, 0.2) is 0 Å². The van der Waals surface area contributed by atoms with Crippen LogP contribution in [0.5, 0.6) is 0 Å². The van der Waals surface area contributed by atoms with Crippen LogP contribution in [-0.2, 0) is 11.3 Å². The summed E-state index contributed by atoms with van der Waals surface area (Å²) in [6, 6.07) is 23.0. The third kappa shape index (κ3) is 6.63. The van der Waals surface area contributed by atoms with Gasteiger partial charge in [0.1, 0.15) is 0 Å². The Balaban J connectivity index is 1.55. The Kier molecular flexibility index (Phi) is 8.94. The van der Waals surface area contributed by atoms with Crippen LogP contribution in [0.4, 0.5) is 22.7 Å². The van der Waals surface area contributed by atoms with Crippen LogP contribution in [0, 0.1) is 0 Å². The topological polar surface area (TPSA) is 140 Å². The van der Waals surface area contributed by atoms with Crippen molar-refractivity contribution in [1.82, 2.24) is 4.90 Å². The van der Waals surface area contributed by atoms with Crippen molar-refractivity contribution >= 4 is 52.1 Å². The minimum absolute atomic E-state index is 0.0694. The summed E-state index contributed by atoms with van der Waals surface area (Å²) in [6.07, 6.45) is 1.92. The average Bonchev–Trinajstić information content (AvgIpc) is 3.55. The monoisotopic (exact) mass is 597 g/mol. The molecule has 6 N–H and O–H groups in total. The van der Waals surface area contributed by atoms with Gasteiger partial charge < -0.3 is 31.7 Å². The number of nitrogens with one attached hydrogen (secondary N) is 2. The molecule has 0 spiro atoms. The Morgan fingerprint density at radius 3 is 2.21 bits per heavy atom. The molecule has 220 valence electrons. The third-order valence-corrected chi connectivity index (χ3v) is 7.68. The number of halogens is 1.